The molecule has 1 saturated carbocycles. The van der Waals surface area contributed by atoms with Crippen LogP contribution >= 0.6 is 0 Å². The van der Waals surface area contributed by atoms with Gasteiger partial charge in [-0.3, -0.25) is 4.79 Å². The number of methoxy groups -OCH3 is 1. The lowest BCUT2D eigenvalue weighted by atomic mass is 9.80. The molecule has 0 aliphatic heterocycles. The summed E-state index contributed by atoms with van der Waals surface area (Å²) >= 11 is 0. The molecule has 0 radical (unpaired) electrons. The lowest BCUT2D eigenvalue weighted by Gasteiger charge is -2.28. The molecule has 2 unspecified atom stereocenters. The molecule has 1 fully saturated rings. The average Bonchev–Trinajstić information content (AvgIpc) is 2.46. The fraction of sp³-hybridized carbons (Fsp3) is 0.562. The summed E-state index contributed by atoms with van der Waals surface area (Å²) in [6.07, 6.45) is 5.05. The van der Waals surface area contributed by atoms with E-state index in [-0.39, 0.29) is 5.91 Å². The van der Waals surface area contributed by atoms with E-state index in [4.69, 9.17) is 10.5 Å². The van der Waals surface area contributed by atoms with Crippen LogP contribution < -0.4 is 15.8 Å². The Morgan fingerprint density at radius 2 is 2.15 bits per heavy atom. The Hall–Kier alpha value is -1.71. The summed E-state index contributed by atoms with van der Waals surface area (Å²) in [6, 6.07) is 5.15. The van der Waals surface area contributed by atoms with E-state index in [9.17, 15) is 4.79 Å². The molecule has 20 heavy (non-hydrogen) atoms. The maximum absolute atomic E-state index is 12.2. The Balaban J connectivity index is 1.97. The highest BCUT2D eigenvalue weighted by Gasteiger charge is 2.22. The molecule has 0 spiro atoms. The number of rotatable bonds is 4. The number of carbonyl (C=O) groups is 1. The Morgan fingerprint density at radius 3 is 2.85 bits per heavy atom. The van der Waals surface area contributed by atoms with Crippen molar-refractivity contribution in [3.8, 4) is 5.75 Å². The van der Waals surface area contributed by atoms with E-state index < -0.39 is 0 Å². The molecule has 1 aromatic carbocycles. The summed E-state index contributed by atoms with van der Waals surface area (Å²) in [5.74, 6) is 1.81. The van der Waals surface area contributed by atoms with Crippen molar-refractivity contribution in [3.63, 3.8) is 0 Å². The van der Waals surface area contributed by atoms with Gasteiger partial charge in [0.2, 0.25) is 0 Å². The molecule has 1 aliphatic rings. The van der Waals surface area contributed by atoms with Gasteiger partial charge in [-0.15, -0.1) is 0 Å². The lowest BCUT2D eigenvalue weighted by molar-refractivity contribution is 0.0937. The van der Waals surface area contributed by atoms with Crippen molar-refractivity contribution >= 4 is 11.6 Å². The zero-order valence-electron chi connectivity index (χ0n) is 12.3. The first-order valence-electron chi connectivity index (χ1n) is 7.33. The molecule has 110 valence electrons. The Morgan fingerprint density at radius 1 is 1.40 bits per heavy atom. The normalized spacial score (nSPS) is 22.3. The van der Waals surface area contributed by atoms with E-state index in [2.05, 4.69) is 12.2 Å². The third kappa shape index (κ3) is 3.44. The van der Waals surface area contributed by atoms with Gasteiger partial charge in [-0.1, -0.05) is 26.2 Å². The maximum Gasteiger partial charge on any atom is 0.253 e. The number of nitrogen functional groups attached to an aromatic ring is 1. The first kappa shape index (κ1) is 14.7. The van der Waals surface area contributed by atoms with Crippen LogP contribution in [0.1, 0.15) is 43.0 Å². The number of ether oxygens (including phenoxy) is 1. The summed E-state index contributed by atoms with van der Waals surface area (Å²) < 4.78 is 5.14. The fourth-order valence-electron chi connectivity index (χ4n) is 2.87. The highest BCUT2D eigenvalue weighted by atomic mass is 16.5. The summed E-state index contributed by atoms with van der Waals surface area (Å²) in [4.78, 5) is 12.2. The van der Waals surface area contributed by atoms with Gasteiger partial charge in [0.15, 0.2) is 0 Å². The van der Waals surface area contributed by atoms with Crippen LogP contribution in [-0.2, 0) is 0 Å². The Bertz CT molecular complexity index is 474. The van der Waals surface area contributed by atoms with Gasteiger partial charge < -0.3 is 15.8 Å². The van der Waals surface area contributed by atoms with Crippen molar-refractivity contribution in [2.75, 3.05) is 19.4 Å². The third-order valence-corrected chi connectivity index (χ3v) is 4.32. The lowest BCUT2D eigenvalue weighted by Crippen LogP contribution is -2.33. The van der Waals surface area contributed by atoms with Gasteiger partial charge in [0.1, 0.15) is 5.75 Å². The molecular weight excluding hydrogens is 252 g/mol. The predicted octanol–water partition coefficient (Wildman–Crippen LogP) is 2.83. The summed E-state index contributed by atoms with van der Waals surface area (Å²) in [5, 5.41) is 3.02. The summed E-state index contributed by atoms with van der Waals surface area (Å²) in [6.45, 7) is 3.01. The van der Waals surface area contributed by atoms with E-state index in [0.29, 0.717) is 28.8 Å². The standard InChI is InChI=1S/C16H24N2O2/c1-11-5-3-4-6-12(11)10-18-16(19)14-9-13(20-2)7-8-15(14)17/h7-9,11-12H,3-6,10,17H2,1-2H3,(H,18,19). The summed E-state index contributed by atoms with van der Waals surface area (Å²) in [7, 11) is 1.58. The van der Waals surface area contributed by atoms with Gasteiger partial charge >= 0.3 is 0 Å². The van der Waals surface area contributed by atoms with Gasteiger partial charge in [0.25, 0.3) is 5.91 Å². The van der Waals surface area contributed by atoms with E-state index in [1.165, 1.54) is 25.7 Å². The van der Waals surface area contributed by atoms with E-state index in [1.54, 1.807) is 25.3 Å². The van der Waals surface area contributed by atoms with Crippen LogP contribution in [0.2, 0.25) is 0 Å². The SMILES string of the molecule is COc1ccc(N)c(C(=O)NCC2CCCCC2C)c1. The van der Waals surface area contributed by atoms with Crippen LogP contribution in [0.5, 0.6) is 5.75 Å². The number of benzene rings is 1. The minimum atomic E-state index is -0.112. The van der Waals surface area contributed by atoms with Crippen LogP contribution in [0.15, 0.2) is 18.2 Å². The number of hydrogen-bond acceptors (Lipinski definition) is 3. The van der Waals surface area contributed by atoms with Crippen LogP contribution in [0.3, 0.4) is 0 Å². The zero-order chi connectivity index (χ0) is 14.5. The quantitative estimate of drug-likeness (QED) is 0.831. The molecule has 0 bridgehead atoms. The molecule has 1 aromatic rings. The Labute approximate surface area is 120 Å². The monoisotopic (exact) mass is 276 g/mol. The highest BCUT2D eigenvalue weighted by molar-refractivity contribution is 5.99. The minimum Gasteiger partial charge on any atom is -0.497 e. The number of hydrogen-bond donors (Lipinski definition) is 2. The molecule has 3 N–H and O–H groups in total. The largest absolute Gasteiger partial charge is 0.497 e. The van der Waals surface area contributed by atoms with Crippen molar-refractivity contribution in [2.45, 2.75) is 32.6 Å². The van der Waals surface area contributed by atoms with Gasteiger partial charge in [-0.05, 0) is 36.5 Å². The number of anilines is 1. The minimum absolute atomic E-state index is 0.112. The number of amides is 1. The highest BCUT2D eigenvalue weighted by Crippen LogP contribution is 2.29. The third-order valence-electron chi connectivity index (χ3n) is 4.32. The van der Waals surface area contributed by atoms with Crippen LogP contribution in [-0.4, -0.2) is 19.6 Å². The molecular formula is C16H24N2O2. The maximum atomic E-state index is 12.2. The number of carbonyl (C=O) groups excluding carboxylic acids is 1. The van der Waals surface area contributed by atoms with Gasteiger partial charge in [0.05, 0.1) is 12.7 Å². The zero-order valence-corrected chi connectivity index (χ0v) is 12.3. The molecule has 0 aromatic heterocycles. The topological polar surface area (TPSA) is 64.3 Å². The number of nitrogens with two attached hydrogens (primary N) is 1. The van der Waals surface area contributed by atoms with Crippen molar-refractivity contribution in [3.05, 3.63) is 23.8 Å². The molecule has 2 rings (SSSR count). The molecule has 1 amide bonds. The molecule has 4 heteroatoms. The first-order valence-corrected chi connectivity index (χ1v) is 7.33. The average molecular weight is 276 g/mol. The smallest absolute Gasteiger partial charge is 0.253 e. The second kappa shape index (κ2) is 6.64. The van der Waals surface area contributed by atoms with E-state index in [1.807, 2.05) is 0 Å². The van der Waals surface area contributed by atoms with Gasteiger partial charge in [-0.2, -0.15) is 0 Å². The van der Waals surface area contributed by atoms with Gasteiger partial charge in [-0.25, -0.2) is 0 Å². The molecule has 2 atom stereocenters. The fourth-order valence-corrected chi connectivity index (χ4v) is 2.87. The number of nitrogens with one attached hydrogen (secondary N) is 1. The van der Waals surface area contributed by atoms with Crippen LogP contribution in [0.25, 0.3) is 0 Å². The van der Waals surface area contributed by atoms with Crippen molar-refractivity contribution in [2.24, 2.45) is 11.8 Å². The first-order chi connectivity index (χ1) is 9.61. The second-order valence-electron chi connectivity index (χ2n) is 5.69. The van der Waals surface area contributed by atoms with Crippen molar-refractivity contribution in [1.29, 1.82) is 0 Å². The van der Waals surface area contributed by atoms with E-state index >= 15 is 0 Å². The summed E-state index contributed by atoms with van der Waals surface area (Å²) in [5.41, 5.74) is 6.84. The van der Waals surface area contributed by atoms with Crippen molar-refractivity contribution in [1.82, 2.24) is 5.32 Å². The van der Waals surface area contributed by atoms with Gasteiger partial charge in [0, 0.05) is 12.2 Å². The predicted molar refractivity (Wildman–Crippen MR) is 80.9 cm³/mol. The van der Waals surface area contributed by atoms with E-state index in [0.717, 1.165) is 6.54 Å². The Kier molecular flexibility index (Phi) is 4.88. The van der Waals surface area contributed by atoms with Crippen LogP contribution in [0, 0.1) is 11.8 Å². The molecule has 1 aliphatic carbocycles. The molecule has 4 nitrogen and oxygen atoms in total. The molecule has 0 saturated heterocycles. The van der Waals surface area contributed by atoms with Crippen LogP contribution in [0.4, 0.5) is 5.69 Å². The van der Waals surface area contributed by atoms with Crippen molar-refractivity contribution < 1.29 is 9.53 Å². The molecule has 0 heterocycles. The second-order valence-corrected chi connectivity index (χ2v) is 5.69.